The van der Waals surface area contributed by atoms with E-state index in [9.17, 15) is 4.79 Å². The van der Waals surface area contributed by atoms with E-state index in [1.165, 1.54) is 6.07 Å². The van der Waals surface area contributed by atoms with Crippen molar-refractivity contribution in [3.05, 3.63) is 81.3 Å². The van der Waals surface area contributed by atoms with Crippen molar-refractivity contribution in [1.82, 2.24) is 4.98 Å². The first-order chi connectivity index (χ1) is 12.1. The van der Waals surface area contributed by atoms with Crippen LogP contribution < -0.4 is 10.4 Å². The van der Waals surface area contributed by atoms with Gasteiger partial charge in [0.1, 0.15) is 23.1 Å². The molecule has 4 nitrogen and oxygen atoms in total. The number of benzene rings is 2. The monoisotopic (exact) mass is 351 g/mol. The van der Waals surface area contributed by atoms with Gasteiger partial charge in [-0.25, -0.2) is 9.78 Å². The number of halogens is 1. The molecule has 0 N–H and O–H groups in total. The lowest BCUT2D eigenvalue weighted by Gasteiger charge is -2.09. The number of rotatable bonds is 3. The second-order valence-corrected chi connectivity index (χ2v) is 6.24. The Hall–Kier alpha value is -2.85. The van der Waals surface area contributed by atoms with Crippen molar-refractivity contribution in [3.8, 4) is 5.75 Å². The van der Waals surface area contributed by atoms with Gasteiger partial charge in [0, 0.05) is 28.5 Å². The molecule has 0 aliphatic carbocycles. The molecule has 0 fully saturated rings. The van der Waals surface area contributed by atoms with Crippen LogP contribution in [0.5, 0.6) is 5.75 Å². The minimum absolute atomic E-state index is 0.276. The smallest absolute Gasteiger partial charge is 0.336 e. The van der Waals surface area contributed by atoms with Crippen molar-refractivity contribution >= 4 is 33.5 Å². The fourth-order valence-electron chi connectivity index (χ4n) is 2.69. The van der Waals surface area contributed by atoms with E-state index < -0.39 is 0 Å². The maximum atomic E-state index is 11.3. The van der Waals surface area contributed by atoms with Crippen LogP contribution in [0.15, 0.2) is 63.8 Å². The summed E-state index contributed by atoms with van der Waals surface area (Å²) in [4.78, 5) is 15.8. The second kappa shape index (κ2) is 6.22. The van der Waals surface area contributed by atoms with Gasteiger partial charge >= 0.3 is 5.63 Å². The van der Waals surface area contributed by atoms with E-state index in [1.807, 2.05) is 43.3 Å². The SMILES string of the molecule is Cc1ccc2cc(COc3ccc4ccc(=O)oc4c3)c(Cl)nc2c1. The third kappa shape index (κ3) is 3.21. The van der Waals surface area contributed by atoms with Crippen molar-refractivity contribution in [2.75, 3.05) is 0 Å². The van der Waals surface area contributed by atoms with Gasteiger partial charge in [0.25, 0.3) is 0 Å². The Kier molecular flexibility index (Phi) is 3.90. The molecule has 0 unspecified atom stereocenters. The van der Waals surface area contributed by atoms with E-state index in [4.69, 9.17) is 20.8 Å². The first-order valence-corrected chi connectivity index (χ1v) is 8.19. The summed E-state index contributed by atoms with van der Waals surface area (Å²) < 4.78 is 11.0. The van der Waals surface area contributed by atoms with Crippen LogP contribution in [-0.4, -0.2) is 4.98 Å². The third-order valence-electron chi connectivity index (χ3n) is 3.99. The molecule has 0 aliphatic heterocycles. The molecule has 0 bridgehead atoms. The van der Waals surface area contributed by atoms with Crippen molar-refractivity contribution in [2.45, 2.75) is 13.5 Å². The molecular weight excluding hydrogens is 338 g/mol. The van der Waals surface area contributed by atoms with Crippen molar-refractivity contribution in [2.24, 2.45) is 0 Å². The molecule has 0 radical (unpaired) electrons. The summed E-state index contributed by atoms with van der Waals surface area (Å²) in [6, 6.07) is 16.5. The maximum Gasteiger partial charge on any atom is 0.336 e. The van der Waals surface area contributed by atoms with Crippen molar-refractivity contribution < 1.29 is 9.15 Å². The minimum atomic E-state index is -0.387. The lowest BCUT2D eigenvalue weighted by molar-refractivity contribution is 0.306. The van der Waals surface area contributed by atoms with Crippen molar-refractivity contribution in [3.63, 3.8) is 0 Å². The van der Waals surface area contributed by atoms with Crippen molar-refractivity contribution in [1.29, 1.82) is 0 Å². The molecule has 4 aromatic rings. The molecular formula is C20H14ClNO3. The van der Waals surface area contributed by atoms with Gasteiger partial charge in [-0.3, -0.25) is 0 Å². The number of aromatic nitrogens is 1. The van der Waals surface area contributed by atoms with Gasteiger partial charge in [-0.05, 0) is 42.8 Å². The van der Waals surface area contributed by atoms with Crippen LogP contribution in [-0.2, 0) is 6.61 Å². The number of pyridine rings is 1. The van der Waals surface area contributed by atoms with Gasteiger partial charge in [-0.1, -0.05) is 23.7 Å². The number of hydrogen-bond donors (Lipinski definition) is 0. The van der Waals surface area contributed by atoms with E-state index in [1.54, 1.807) is 12.1 Å². The van der Waals surface area contributed by atoms with Crippen LogP contribution in [0, 0.1) is 6.92 Å². The zero-order valence-corrected chi connectivity index (χ0v) is 14.2. The van der Waals surface area contributed by atoms with Crippen LogP contribution in [0.4, 0.5) is 0 Å². The molecule has 2 aromatic heterocycles. The quantitative estimate of drug-likeness (QED) is 0.390. The summed E-state index contributed by atoms with van der Waals surface area (Å²) in [5.41, 5.74) is 2.90. The first-order valence-electron chi connectivity index (χ1n) is 7.81. The molecule has 0 saturated carbocycles. The molecule has 0 saturated heterocycles. The summed E-state index contributed by atoms with van der Waals surface area (Å²) in [5, 5.41) is 2.27. The first kappa shape index (κ1) is 15.7. The highest BCUT2D eigenvalue weighted by molar-refractivity contribution is 6.30. The largest absolute Gasteiger partial charge is 0.489 e. The normalized spacial score (nSPS) is 11.1. The predicted octanol–water partition coefficient (Wildman–Crippen LogP) is 4.88. The zero-order valence-electron chi connectivity index (χ0n) is 13.5. The maximum absolute atomic E-state index is 11.3. The van der Waals surface area contributed by atoms with E-state index >= 15 is 0 Å². The predicted molar refractivity (Wildman–Crippen MR) is 98.3 cm³/mol. The summed E-state index contributed by atoms with van der Waals surface area (Å²) in [5.74, 6) is 0.599. The van der Waals surface area contributed by atoms with Crippen LogP contribution in [0.1, 0.15) is 11.1 Å². The number of aryl methyl sites for hydroxylation is 1. The Balaban J connectivity index is 1.62. The van der Waals surface area contributed by atoms with Gasteiger partial charge < -0.3 is 9.15 Å². The molecule has 2 aromatic carbocycles. The molecule has 2 heterocycles. The second-order valence-electron chi connectivity index (χ2n) is 5.88. The molecule has 0 atom stereocenters. The molecule has 0 amide bonds. The number of ether oxygens (including phenoxy) is 1. The Morgan fingerprint density at radius 1 is 1.04 bits per heavy atom. The zero-order chi connectivity index (χ0) is 17.4. The molecule has 25 heavy (non-hydrogen) atoms. The van der Waals surface area contributed by atoms with Crippen LogP contribution in [0.25, 0.3) is 21.9 Å². The van der Waals surface area contributed by atoms with E-state index in [0.29, 0.717) is 16.5 Å². The molecule has 0 spiro atoms. The number of fused-ring (bicyclic) bond motifs is 2. The highest BCUT2D eigenvalue weighted by Gasteiger charge is 2.07. The van der Waals surface area contributed by atoms with Crippen LogP contribution in [0.3, 0.4) is 0 Å². The van der Waals surface area contributed by atoms with E-state index in [2.05, 4.69) is 4.98 Å². The highest BCUT2D eigenvalue weighted by Crippen LogP contribution is 2.24. The molecule has 124 valence electrons. The summed E-state index contributed by atoms with van der Waals surface area (Å²) in [6.07, 6.45) is 0. The Morgan fingerprint density at radius 3 is 2.72 bits per heavy atom. The average molecular weight is 352 g/mol. The molecule has 4 rings (SSSR count). The Labute approximate surface area is 148 Å². The van der Waals surface area contributed by atoms with Crippen LogP contribution in [0.2, 0.25) is 5.15 Å². The van der Waals surface area contributed by atoms with Gasteiger partial charge in [-0.15, -0.1) is 0 Å². The number of hydrogen-bond acceptors (Lipinski definition) is 4. The fourth-order valence-corrected chi connectivity index (χ4v) is 2.89. The minimum Gasteiger partial charge on any atom is -0.489 e. The number of nitrogens with zero attached hydrogens (tertiary/aromatic N) is 1. The lowest BCUT2D eigenvalue weighted by atomic mass is 10.1. The van der Waals surface area contributed by atoms with Gasteiger partial charge in [0.15, 0.2) is 0 Å². The van der Waals surface area contributed by atoms with E-state index in [-0.39, 0.29) is 12.2 Å². The van der Waals surface area contributed by atoms with E-state index in [0.717, 1.165) is 27.4 Å². The highest BCUT2D eigenvalue weighted by atomic mass is 35.5. The topological polar surface area (TPSA) is 52.3 Å². The average Bonchev–Trinajstić information content (AvgIpc) is 2.59. The molecule has 0 aliphatic rings. The van der Waals surface area contributed by atoms with Gasteiger partial charge in [-0.2, -0.15) is 0 Å². The van der Waals surface area contributed by atoms with Gasteiger partial charge in [0.2, 0.25) is 0 Å². The summed E-state index contributed by atoms with van der Waals surface area (Å²) >= 11 is 6.29. The standard InChI is InChI=1S/C20H14ClNO3/c1-12-2-3-14-9-15(20(21)22-17(14)8-12)11-24-16-6-4-13-5-7-19(23)25-18(13)10-16/h2-10H,11H2,1H3. The summed E-state index contributed by atoms with van der Waals surface area (Å²) in [7, 11) is 0. The third-order valence-corrected chi connectivity index (χ3v) is 4.32. The lowest BCUT2D eigenvalue weighted by Crippen LogP contribution is -1.99. The Morgan fingerprint density at radius 2 is 1.84 bits per heavy atom. The van der Waals surface area contributed by atoms with Crippen LogP contribution >= 0.6 is 11.6 Å². The summed E-state index contributed by atoms with van der Waals surface area (Å²) in [6.45, 7) is 2.29. The van der Waals surface area contributed by atoms with Gasteiger partial charge in [0.05, 0.1) is 5.52 Å². The fraction of sp³-hybridized carbons (Fsp3) is 0.100. The molecule has 5 heteroatoms. The Bertz CT molecular complexity index is 1150.